The number of hydrogen-bond acceptors (Lipinski definition) is 5. The molecule has 2 unspecified atom stereocenters. The highest BCUT2D eigenvalue weighted by atomic mass is 16.6. The molecular weight excluding hydrogens is 248 g/mol. The number of nitro benzene ring substituents is 1. The third kappa shape index (κ3) is 3.14. The van der Waals surface area contributed by atoms with Gasteiger partial charge < -0.3 is 15.2 Å². The first-order chi connectivity index (χ1) is 9.11. The summed E-state index contributed by atoms with van der Waals surface area (Å²) < 4.78 is 11.1. The molecule has 2 atom stereocenters. The molecule has 6 heteroatoms. The van der Waals surface area contributed by atoms with Gasteiger partial charge in [-0.1, -0.05) is 0 Å². The van der Waals surface area contributed by atoms with E-state index in [1.165, 1.54) is 6.07 Å². The monoisotopic (exact) mass is 266 g/mol. The van der Waals surface area contributed by atoms with Crippen LogP contribution in [0.4, 0.5) is 5.69 Å². The predicted molar refractivity (Wildman–Crippen MR) is 70.5 cm³/mol. The minimum atomic E-state index is -0.462. The van der Waals surface area contributed by atoms with E-state index in [2.05, 4.69) is 0 Å². The van der Waals surface area contributed by atoms with Crippen molar-refractivity contribution in [2.24, 2.45) is 5.73 Å². The molecule has 0 bridgehead atoms. The summed E-state index contributed by atoms with van der Waals surface area (Å²) in [5.74, 6) is 0.799. The van der Waals surface area contributed by atoms with Crippen molar-refractivity contribution in [3.63, 3.8) is 0 Å². The van der Waals surface area contributed by atoms with Crippen LogP contribution in [0.2, 0.25) is 0 Å². The number of benzene rings is 1. The lowest BCUT2D eigenvalue weighted by atomic mass is 10.2. The summed E-state index contributed by atoms with van der Waals surface area (Å²) in [5.41, 5.74) is 5.89. The summed E-state index contributed by atoms with van der Waals surface area (Å²) >= 11 is 0. The summed E-state index contributed by atoms with van der Waals surface area (Å²) in [6.45, 7) is 2.15. The molecule has 0 aromatic heterocycles. The van der Waals surface area contributed by atoms with Crippen LogP contribution < -0.4 is 15.2 Å². The van der Waals surface area contributed by atoms with Crippen molar-refractivity contribution in [2.75, 3.05) is 6.61 Å². The van der Waals surface area contributed by atoms with Crippen molar-refractivity contribution in [1.82, 2.24) is 0 Å². The van der Waals surface area contributed by atoms with E-state index >= 15 is 0 Å². The Bertz CT molecular complexity index is 464. The molecule has 0 amide bonds. The number of nitrogens with zero attached hydrogens (tertiary/aromatic N) is 1. The summed E-state index contributed by atoms with van der Waals surface area (Å²) in [6.07, 6.45) is 2.91. The maximum Gasteiger partial charge on any atom is 0.311 e. The lowest BCUT2D eigenvalue weighted by molar-refractivity contribution is -0.385. The fraction of sp³-hybridized carbons (Fsp3) is 0.538. The van der Waals surface area contributed by atoms with Crippen molar-refractivity contribution in [2.45, 2.75) is 38.3 Å². The minimum absolute atomic E-state index is 0.0177. The number of rotatable bonds is 5. The van der Waals surface area contributed by atoms with Crippen molar-refractivity contribution in [1.29, 1.82) is 0 Å². The van der Waals surface area contributed by atoms with Gasteiger partial charge in [0.1, 0.15) is 11.9 Å². The molecule has 1 aromatic carbocycles. The Labute approximate surface area is 111 Å². The molecule has 0 radical (unpaired) electrons. The van der Waals surface area contributed by atoms with Crippen LogP contribution in [0.15, 0.2) is 18.2 Å². The number of hydrogen-bond donors (Lipinski definition) is 1. The van der Waals surface area contributed by atoms with Gasteiger partial charge in [0.25, 0.3) is 0 Å². The molecule has 1 saturated carbocycles. The molecule has 19 heavy (non-hydrogen) atoms. The van der Waals surface area contributed by atoms with Gasteiger partial charge in [-0.05, 0) is 32.3 Å². The summed E-state index contributed by atoms with van der Waals surface area (Å²) in [5, 5.41) is 10.9. The Kier molecular flexibility index (Phi) is 4.21. The molecule has 0 aliphatic heterocycles. The van der Waals surface area contributed by atoms with E-state index in [1.54, 1.807) is 19.1 Å². The molecular formula is C13H18N2O4. The van der Waals surface area contributed by atoms with E-state index in [9.17, 15) is 10.1 Å². The quantitative estimate of drug-likeness (QED) is 0.652. The zero-order valence-corrected chi connectivity index (χ0v) is 10.9. The van der Waals surface area contributed by atoms with Gasteiger partial charge in [0.05, 0.1) is 11.5 Å². The van der Waals surface area contributed by atoms with E-state index in [0.717, 1.165) is 19.3 Å². The Morgan fingerprint density at radius 2 is 2.26 bits per heavy atom. The average Bonchev–Trinajstić information content (AvgIpc) is 2.75. The highest BCUT2D eigenvalue weighted by Crippen LogP contribution is 2.33. The van der Waals surface area contributed by atoms with Gasteiger partial charge in [0.2, 0.25) is 5.75 Å². The fourth-order valence-electron chi connectivity index (χ4n) is 2.27. The SMILES string of the molecule is CCOc1cc(OC2CCCC2N)ccc1[N+](=O)[O-]. The maximum atomic E-state index is 10.9. The minimum Gasteiger partial charge on any atom is -0.489 e. The van der Waals surface area contributed by atoms with Crippen LogP contribution in [0, 0.1) is 10.1 Å². The van der Waals surface area contributed by atoms with Crippen LogP contribution in [0.1, 0.15) is 26.2 Å². The molecule has 0 spiro atoms. The number of nitro groups is 1. The Morgan fingerprint density at radius 3 is 2.84 bits per heavy atom. The van der Waals surface area contributed by atoms with E-state index in [-0.39, 0.29) is 23.6 Å². The molecule has 2 rings (SSSR count). The van der Waals surface area contributed by atoms with E-state index < -0.39 is 4.92 Å². The molecule has 1 aliphatic carbocycles. The fourth-order valence-corrected chi connectivity index (χ4v) is 2.27. The predicted octanol–water partition coefficient (Wildman–Crippen LogP) is 2.25. The summed E-state index contributed by atoms with van der Waals surface area (Å²) in [7, 11) is 0. The molecule has 0 saturated heterocycles. The molecule has 104 valence electrons. The maximum absolute atomic E-state index is 10.9. The largest absolute Gasteiger partial charge is 0.489 e. The normalized spacial score (nSPS) is 22.2. The van der Waals surface area contributed by atoms with Crippen molar-refractivity contribution < 1.29 is 14.4 Å². The molecule has 2 N–H and O–H groups in total. The number of ether oxygens (including phenoxy) is 2. The third-order valence-electron chi connectivity index (χ3n) is 3.22. The molecule has 1 aliphatic rings. The second-order valence-corrected chi connectivity index (χ2v) is 4.57. The van der Waals surface area contributed by atoms with Gasteiger partial charge in [-0.3, -0.25) is 10.1 Å². The summed E-state index contributed by atoms with van der Waals surface area (Å²) in [4.78, 5) is 10.4. The summed E-state index contributed by atoms with van der Waals surface area (Å²) in [6, 6.07) is 4.59. The lowest BCUT2D eigenvalue weighted by Crippen LogP contribution is -2.33. The van der Waals surface area contributed by atoms with Gasteiger partial charge in [-0.25, -0.2) is 0 Å². The van der Waals surface area contributed by atoms with Crippen LogP contribution in [-0.2, 0) is 0 Å². The molecule has 1 fully saturated rings. The van der Waals surface area contributed by atoms with Gasteiger partial charge in [0, 0.05) is 18.2 Å². The first kappa shape index (κ1) is 13.6. The molecule has 6 nitrogen and oxygen atoms in total. The molecule has 0 heterocycles. The second kappa shape index (κ2) is 5.88. The second-order valence-electron chi connectivity index (χ2n) is 4.57. The van der Waals surface area contributed by atoms with Crippen LogP contribution in [-0.4, -0.2) is 23.7 Å². The highest BCUT2D eigenvalue weighted by Gasteiger charge is 2.26. The van der Waals surface area contributed by atoms with E-state index in [0.29, 0.717) is 12.4 Å². The first-order valence-corrected chi connectivity index (χ1v) is 6.45. The van der Waals surface area contributed by atoms with E-state index in [4.69, 9.17) is 15.2 Å². The molecule has 1 aromatic rings. The van der Waals surface area contributed by atoms with Crippen LogP contribution >= 0.6 is 0 Å². The van der Waals surface area contributed by atoms with Crippen LogP contribution in [0.25, 0.3) is 0 Å². The zero-order chi connectivity index (χ0) is 13.8. The van der Waals surface area contributed by atoms with Gasteiger partial charge in [0.15, 0.2) is 0 Å². The van der Waals surface area contributed by atoms with Crippen molar-refractivity contribution in [3.05, 3.63) is 28.3 Å². The van der Waals surface area contributed by atoms with Crippen LogP contribution in [0.3, 0.4) is 0 Å². The van der Waals surface area contributed by atoms with Crippen molar-refractivity contribution >= 4 is 5.69 Å². The smallest absolute Gasteiger partial charge is 0.311 e. The standard InChI is InChI=1S/C13H18N2O4/c1-2-18-13-8-9(6-7-11(13)15(16)17)19-12-5-3-4-10(12)14/h6-8,10,12H,2-5,14H2,1H3. The highest BCUT2D eigenvalue weighted by molar-refractivity contribution is 5.50. The third-order valence-corrected chi connectivity index (χ3v) is 3.22. The Hall–Kier alpha value is -1.82. The lowest BCUT2D eigenvalue weighted by Gasteiger charge is -2.18. The van der Waals surface area contributed by atoms with Crippen molar-refractivity contribution in [3.8, 4) is 11.5 Å². The Morgan fingerprint density at radius 1 is 1.47 bits per heavy atom. The topological polar surface area (TPSA) is 87.6 Å². The van der Waals surface area contributed by atoms with Crippen LogP contribution in [0.5, 0.6) is 11.5 Å². The van der Waals surface area contributed by atoms with E-state index in [1.807, 2.05) is 0 Å². The average molecular weight is 266 g/mol. The zero-order valence-electron chi connectivity index (χ0n) is 10.9. The van der Waals surface area contributed by atoms with Gasteiger partial charge in [-0.2, -0.15) is 0 Å². The van der Waals surface area contributed by atoms with Gasteiger partial charge >= 0.3 is 5.69 Å². The van der Waals surface area contributed by atoms with Gasteiger partial charge in [-0.15, -0.1) is 0 Å². The number of nitrogens with two attached hydrogens (primary N) is 1. The Balaban J connectivity index is 2.17. The first-order valence-electron chi connectivity index (χ1n) is 6.45.